The summed E-state index contributed by atoms with van der Waals surface area (Å²) in [4.78, 5) is 22.6. The maximum Gasteiger partial charge on any atom is 0.237 e. The summed E-state index contributed by atoms with van der Waals surface area (Å²) in [6.07, 6.45) is 2.04. The molecule has 1 aromatic heterocycles. The normalized spacial score (nSPS) is 13.5. The molecule has 0 saturated heterocycles. The molecular formula is C19H15N3OS2. The van der Waals surface area contributed by atoms with Crippen molar-refractivity contribution in [2.24, 2.45) is 0 Å². The molecule has 0 atom stereocenters. The average molecular weight is 365 g/mol. The molecule has 1 aliphatic heterocycles. The second kappa shape index (κ2) is 6.87. The average Bonchev–Trinajstić information content (AvgIpc) is 3.07. The Morgan fingerprint density at radius 3 is 3.08 bits per heavy atom. The molecule has 4 nitrogen and oxygen atoms in total. The minimum Gasteiger partial charge on any atom is -0.311 e. The van der Waals surface area contributed by atoms with E-state index in [2.05, 4.69) is 15.9 Å². The van der Waals surface area contributed by atoms with Crippen LogP contribution in [-0.2, 0) is 11.2 Å². The Hall–Kier alpha value is -2.36. The molecule has 2 aromatic carbocycles. The molecule has 0 unspecified atom stereocenters. The monoisotopic (exact) mass is 365 g/mol. The number of hydrogen-bond donors (Lipinski definition) is 0. The summed E-state index contributed by atoms with van der Waals surface area (Å²) in [5, 5.41) is 0. The summed E-state index contributed by atoms with van der Waals surface area (Å²) >= 11 is 3.04. The SMILES string of the molecule is [C-]#[N+]c1ccc2sc(SCC(=O)N3CCCc4ccccc43)nc2c1. The number of aryl methyl sites for hydroxylation is 1. The molecule has 2 heterocycles. The molecule has 1 amide bonds. The zero-order valence-corrected chi connectivity index (χ0v) is 15.1. The smallest absolute Gasteiger partial charge is 0.237 e. The topological polar surface area (TPSA) is 37.6 Å². The predicted octanol–water partition coefficient (Wildman–Crippen LogP) is 4.92. The van der Waals surface area contributed by atoms with E-state index < -0.39 is 0 Å². The van der Waals surface area contributed by atoms with Gasteiger partial charge in [0.2, 0.25) is 5.91 Å². The highest BCUT2D eigenvalue weighted by atomic mass is 32.2. The van der Waals surface area contributed by atoms with Crippen LogP contribution >= 0.6 is 23.1 Å². The van der Waals surface area contributed by atoms with E-state index in [4.69, 9.17) is 6.57 Å². The number of anilines is 1. The highest BCUT2D eigenvalue weighted by Gasteiger charge is 2.22. The minimum atomic E-state index is 0.123. The lowest BCUT2D eigenvalue weighted by molar-refractivity contribution is -0.116. The van der Waals surface area contributed by atoms with Crippen LogP contribution in [0.5, 0.6) is 0 Å². The largest absolute Gasteiger partial charge is 0.311 e. The van der Waals surface area contributed by atoms with Crippen LogP contribution in [0.4, 0.5) is 11.4 Å². The van der Waals surface area contributed by atoms with E-state index in [0.717, 1.165) is 39.6 Å². The van der Waals surface area contributed by atoms with Crippen LogP contribution in [0.3, 0.4) is 0 Å². The first-order valence-corrected chi connectivity index (χ1v) is 9.84. The van der Waals surface area contributed by atoms with Gasteiger partial charge in [-0.3, -0.25) is 4.79 Å². The molecule has 124 valence electrons. The summed E-state index contributed by atoms with van der Waals surface area (Å²) in [7, 11) is 0. The fourth-order valence-electron chi connectivity index (χ4n) is 3.02. The fraction of sp³-hybridized carbons (Fsp3) is 0.211. The number of thioether (sulfide) groups is 1. The highest BCUT2D eigenvalue weighted by molar-refractivity contribution is 8.01. The quantitative estimate of drug-likeness (QED) is 0.488. The Morgan fingerprint density at radius 2 is 2.20 bits per heavy atom. The van der Waals surface area contributed by atoms with E-state index in [1.54, 1.807) is 23.5 Å². The number of rotatable bonds is 3. The van der Waals surface area contributed by atoms with Crippen LogP contribution in [0.2, 0.25) is 0 Å². The second-order valence-electron chi connectivity index (χ2n) is 5.81. The molecule has 0 aliphatic carbocycles. The Morgan fingerprint density at radius 1 is 1.32 bits per heavy atom. The lowest BCUT2D eigenvalue weighted by atomic mass is 10.0. The zero-order valence-electron chi connectivity index (χ0n) is 13.4. The van der Waals surface area contributed by atoms with Crippen LogP contribution in [0.15, 0.2) is 46.8 Å². The zero-order chi connectivity index (χ0) is 17.2. The fourth-order valence-corrected chi connectivity index (χ4v) is 4.94. The van der Waals surface area contributed by atoms with Gasteiger partial charge >= 0.3 is 0 Å². The van der Waals surface area contributed by atoms with E-state index in [1.807, 2.05) is 29.2 Å². The van der Waals surface area contributed by atoms with E-state index >= 15 is 0 Å². The molecule has 3 aromatic rings. The molecule has 1 aliphatic rings. The van der Waals surface area contributed by atoms with Gasteiger partial charge in [-0.05, 0) is 30.5 Å². The third-order valence-corrected chi connectivity index (χ3v) is 6.38. The molecule has 0 N–H and O–H groups in total. The maximum absolute atomic E-state index is 12.7. The number of amides is 1. The van der Waals surface area contributed by atoms with Crippen molar-refractivity contribution < 1.29 is 4.79 Å². The molecule has 0 spiro atoms. The number of thiazole rings is 1. The minimum absolute atomic E-state index is 0.123. The maximum atomic E-state index is 12.7. The van der Waals surface area contributed by atoms with Crippen molar-refractivity contribution in [2.75, 3.05) is 17.2 Å². The molecule has 4 rings (SSSR count). The van der Waals surface area contributed by atoms with Crippen molar-refractivity contribution in [3.63, 3.8) is 0 Å². The van der Waals surface area contributed by atoms with Crippen LogP contribution in [0.1, 0.15) is 12.0 Å². The second-order valence-corrected chi connectivity index (χ2v) is 8.06. The number of benzene rings is 2. The summed E-state index contributed by atoms with van der Waals surface area (Å²) in [6.45, 7) is 7.86. The number of aromatic nitrogens is 1. The number of nitrogens with zero attached hydrogens (tertiary/aromatic N) is 3. The Kier molecular flexibility index (Phi) is 4.43. The van der Waals surface area contributed by atoms with Gasteiger partial charge in [0.1, 0.15) is 0 Å². The third-order valence-electron chi connectivity index (χ3n) is 4.21. The van der Waals surface area contributed by atoms with Crippen molar-refractivity contribution in [2.45, 2.75) is 17.2 Å². The first-order valence-electron chi connectivity index (χ1n) is 8.04. The van der Waals surface area contributed by atoms with E-state index in [0.29, 0.717) is 11.4 Å². The van der Waals surface area contributed by atoms with Gasteiger partial charge in [0, 0.05) is 12.2 Å². The van der Waals surface area contributed by atoms with Crippen molar-refractivity contribution >= 4 is 50.6 Å². The van der Waals surface area contributed by atoms with Crippen LogP contribution < -0.4 is 4.90 Å². The Balaban J connectivity index is 1.48. The third kappa shape index (κ3) is 3.26. The van der Waals surface area contributed by atoms with E-state index in [9.17, 15) is 4.79 Å². The van der Waals surface area contributed by atoms with Gasteiger partial charge in [0.25, 0.3) is 0 Å². The first-order chi connectivity index (χ1) is 12.2. The number of fused-ring (bicyclic) bond motifs is 2. The lowest BCUT2D eigenvalue weighted by Gasteiger charge is -2.29. The van der Waals surface area contributed by atoms with Gasteiger partial charge in [0.15, 0.2) is 10.0 Å². The molecular weight excluding hydrogens is 350 g/mol. The van der Waals surface area contributed by atoms with Crippen LogP contribution in [-0.4, -0.2) is 23.2 Å². The molecule has 0 saturated carbocycles. The van der Waals surface area contributed by atoms with E-state index in [-0.39, 0.29) is 5.91 Å². The molecule has 0 bridgehead atoms. The Bertz CT molecular complexity index is 990. The summed E-state index contributed by atoms with van der Waals surface area (Å²) in [6, 6.07) is 13.7. The summed E-state index contributed by atoms with van der Waals surface area (Å²) < 4.78 is 1.92. The summed E-state index contributed by atoms with van der Waals surface area (Å²) in [5.41, 5.74) is 3.72. The van der Waals surface area contributed by atoms with Gasteiger partial charge in [-0.1, -0.05) is 42.1 Å². The number of para-hydroxylation sites is 1. The number of hydrogen-bond acceptors (Lipinski definition) is 4. The number of carbonyl (C=O) groups is 1. The van der Waals surface area contributed by atoms with Gasteiger partial charge in [0.05, 0.1) is 22.5 Å². The Labute approximate surface area is 154 Å². The molecule has 6 heteroatoms. The van der Waals surface area contributed by atoms with Crippen LogP contribution in [0, 0.1) is 6.57 Å². The summed E-state index contributed by atoms with van der Waals surface area (Å²) in [5.74, 6) is 0.502. The van der Waals surface area contributed by atoms with Crippen molar-refractivity contribution in [3.8, 4) is 0 Å². The van der Waals surface area contributed by atoms with Gasteiger partial charge in [-0.25, -0.2) is 9.83 Å². The lowest BCUT2D eigenvalue weighted by Crippen LogP contribution is -2.36. The van der Waals surface area contributed by atoms with Crippen molar-refractivity contribution in [3.05, 3.63) is 59.4 Å². The van der Waals surface area contributed by atoms with Crippen LogP contribution in [0.25, 0.3) is 15.1 Å². The number of carbonyl (C=O) groups excluding carboxylic acids is 1. The van der Waals surface area contributed by atoms with Gasteiger partial charge in [-0.2, -0.15) is 0 Å². The van der Waals surface area contributed by atoms with Crippen molar-refractivity contribution in [1.82, 2.24) is 4.98 Å². The standard InChI is InChI=1S/C19H15N3OS2/c1-20-14-8-9-17-15(11-14)21-19(25-17)24-12-18(23)22-10-4-6-13-5-2-3-7-16(13)22/h2-3,5,7-9,11H,4,6,10,12H2. The molecule has 0 radical (unpaired) electrons. The van der Waals surface area contributed by atoms with E-state index in [1.165, 1.54) is 17.3 Å². The van der Waals surface area contributed by atoms with Gasteiger partial charge < -0.3 is 4.90 Å². The highest BCUT2D eigenvalue weighted by Crippen LogP contribution is 2.33. The first kappa shape index (κ1) is 16.1. The predicted molar refractivity (Wildman–Crippen MR) is 104 cm³/mol. The molecule has 25 heavy (non-hydrogen) atoms. The molecule has 0 fully saturated rings. The van der Waals surface area contributed by atoms with Gasteiger partial charge in [-0.15, -0.1) is 11.3 Å². The van der Waals surface area contributed by atoms with Crippen molar-refractivity contribution in [1.29, 1.82) is 0 Å².